The Hall–Kier alpha value is -2.55. The first-order valence-corrected chi connectivity index (χ1v) is 6.36. The molecule has 1 heterocycles. The molecular formula is C14H15N3O3. The van der Waals surface area contributed by atoms with Crippen molar-refractivity contribution >= 4 is 23.0 Å². The van der Waals surface area contributed by atoms with Crippen LogP contribution < -0.4 is 10.6 Å². The van der Waals surface area contributed by atoms with Gasteiger partial charge in [0.15, 0.2) is 0 Å². The molecular weight excluding hydrogens is 258 g/mol. The summed E-state index contributed by atoms with van der Waals surface area (Å²) < 4.78 is 0. The minimum absolute atomic E-state index is 0.0317. The number of anilines is 2. The Balaban J connectivity index is 2.36. The highest BCUT2D eigenvalue weighted by atomic mass is 16.6. The molecule has 1 aliphatic rings. The number of terminal acetylenes is 1. The summed E-state index contributed by atoms with van der Waals surface area (Å²) in [6, 6.07) is 3.02. The van der Waals surface area contributed by atoms with E-state index in [1.807, 2.05) is 6.92 Å². The van der Waals surface area contributed by atoms with Crippen LogP contribution in [0.25, 0.3) is 0 Å². The van der Waals surface area contributed by atoms with Gasteiger partial charge in [-0.05, 0) is 18.1 Å². The fourth-order valence-corrected chi connectivity index (χ4v) is 2.19. The summed E-state index contributed by atoms with van der Waals surface area (Å²) in [4.78, 5) is 22.0. The molecule has 1 aromatic carbocycles. The highest BCUT2D eigenvalue weighted by Gasteiger charge is 2.25. The van der Waals surface area contributed by atoms with Gasteiger partial charge in [0.1, 0.15) is 5.69 Å². The fraction of sp³-hybridized carbons (Fsp3) is 0.357. The predicted molar refractivity (Wildman–Crippen MR) is 76.6 cm³/mol. The van der Waals surface area contributed by atoms with Gasteiger partial charge in [0, 0.05) is 24.2 Å². The zero-order valence-corrected chi connectivity index (χ0v) is 11.1. The smallest absolute Gasteiger partial charge is 0.292 e. The van der Waals surface area contributed by atoms with Crippen molar-refractivity contribution in [3.8, 4) is 12.3 Å². The van der Waals surface area contributed by atoms with Crippen molar-refractivity contribution in [2.75, 3.05) is 10.6 Å². The van der Waals surface area contributed by atoms with E-state index in [2.05, 4.69) is 16.6 Å². The summed E-state index contributed by atoms with van der Waals surface area (Å²) in [6.45, 7) is 1.95. The average Bonchev–Trinajstić information content (AvgIpc) is 2.76. The molecule has 6 nitrogen and oxygen atoms in total. The molecule has 0 aromatic heterocycles. The Kier molecular flexibility index (Phi) is 3.89. The SMILES string of the molecule is C#CCC(CC)Nc1cc2c(cc1[N+](=O)[O-])CC(=O)N2. The lowest BCUT2D eigenvalue weighted by molar-refractivity contribution is -0.384. The van der Waals surface area contributed by atoms with Gasteiger partial charge in [0.25, 0.3) is 5.69 Å². The van der Waals surface area contributed by atoms with Crippen LogP contribution in [-0.4, -0.2) is 16.9 Å². The second kappa shape index (κ2) is 5.61. The number of amides is 1. The molecule has 0 saturated carbocycles. The Labute approximate surface area is 116 Å². The van der Waals surface area contributed by atoms with Crippen LogP contribution in [0.4, 0.5) is 17.1 Å². The molecule has 6 heteroatoms. The molecule has 104 valence electrons. The van der Waals surface area contributed by atoms with Gasteiger partial charge in [-0.25, -0.2) is 0 Å². The summed E-state index contributed by atoms with van der Waals surface area (Å²) in [5.41, 5.74) is 1.63. The molecule has 1 unspecified atom stereocenters. The van der Waals surface area contributed by atoms with Crippen molar-refractivity contribution in [3.63, 3.8) is 0 Å². The van der Waals surface area contributed by atoms with Gasteiger partial charge in [-0.1, -0.05) is 6.92 Å². The first kappa shape index (κ1) is 13.9. The van der Waals surface area contributed by atoms with Crippen LogP contribution in [-0.2, 0) is 11.2 Å². The van der Waals surface area contributed by atoms with E-state index in [0.29, 0.717) is 23.4 Å². The Morgan fingerprint density at radius 3 is 2.95 bits per heavy atom. The molecule has 1 atom stereocenters. The minimum Gasteiger partial charge on any atom is -0.376 e. The van der Waals surface area contributed by atoms with Gasteiger partial charge in [-0.3, -0.25) is 14.9 Å². The number of nitrogens with zero attached hydrogens (tertiary/aromatic N) is 1. The number of carbonyl (C=O) groups is 1. The Morgan fingerprint density at radius 2 is 2.35 bits per heavy atom. The topological polar surface area (TPSA) is 84.3 Å². The molecule has 1 amide bonds. The molecule has 1 aromatic rings. The van der Waals surface area contributed by atoms with Crippen molar-refractivity contribution in [3.05, 3.63) is 27.8 Å². The van der Waals surface area contributed by atoms with E-state index in [0.717, 1.165) is 6.42 Å². The summed E-state index contributed by atoms with van der Waals surface area (Å²) >= 11 is 0. The highest BCUT2D eigenvalue weighted by molar-refractivity contribution is 6.00. The van der Waals surface area contributed by atoms with Crippen LogP contribution >= 0.6 is 0 Å². The lowest BCUT2D eigenvalue weighted by atomic mass is 10.1. The second-order valence-corrected chi connectivity index (χ2v) is 4.67. The maximum atomic E-state index is 11.3. The summed E-state index contributed by atoms with van der Waals surface area (Å²) in [6.07, 6.45) is 6.70. The molecule has 2 rings (SSSR count). The number of nitro groups is 1. The highest BCUT2D eigenvalue weighted by Crippen LogP contribution is 2.35. The van der Waals surface area contributed by atoms with Crippen LogP contribution in [0.1, 0.15) is 25.3 Å². The molecule has 0 bridgehead atoms. The van der Waals surface area contributed by atoms with Gasteiger partial charge in [-0.2, -0.15) is 0 Å². The molecule has 0 saturated heterocycles. The molecule has 2 N–H and O–H groups in total. The van der Waals surface area contributed by atoms with E-state index in [9.17, 15) is 14.9 Å². The van der Waals surface area contributed by atoms with Gasteiger partial charge in [0.2, 0.25) is 5.91 Å². The second-order valence-electron chi connectivity index (χ2n) is 4.67. The number of carbonyl (C=O) groups excluding carboxylic acids is 1. The van der Waals surface area contributed by atoms with Crippen LogP contribution in [0.15, 0.2) is 12.1 Å². The van der Waals surface area contributed by atoms with Crippen LogP contribution in [0, 0.1) is 22.5 Å². The number of hydrogen-bond donors (Lipinski definition) is 2. The average molecular weight is 273 g/mol. The minimum atomic E-state index is -0.450. The number of fused-ring (bicyclic) bond motifs is 1. The van der Waals surface area contributed by atoms with Crippen molar-refractivity contribution in [1.82, 2.24) is 0 Å². The van der Waals surface area contributed by atoms with Crippen LogP contribution in [0.2, 0.25) is 0 Å². The van der Waals surface area contributed by atoms with E-state index in [-0.39, 0.29) is 24.1 Å². The third-order valence-corrected chi connectivity index (χ3v) is 3.26. The van der Waals surface area contributed by atoms with E-state index in [1.54, 1.807) is 6.07 Å². The normalized spacial score (nSPS) is 14.1. The van der Waals surface area contributed by atoms with E-state index in [1.165, 1.54) is 6.07 Å². The van der Waals surface area contributed by atoms with E-state index < -0.39 is 4.92 Å². The van der Waals surface area contributed by atoms with Crippen molar-refractivity contribution in [2.24, 2.45) is 0 Å². The standard InChI is InChI=1S/C14H15N3O3/c1-3-5-10(4-2)15-12-8-11-9(7-14(18)16-11)6-13(12)17(19)20/h1,6,8,10,15H,4-5,7H2,2H3,(H,16,18). The van der Waals surface area contributed by atoms with Crippen LogP contribution in [0.5, 0.6) is 0 Å². The van der Waals surface area contributed by atoms with Crippen LogP contribution in [0.3, 0.4) is 0 Å². The van der Waals surface area contributed by atoms with Crippen molar-refractivity contribution < 1.29 is 9.72 Å². The lowest BCUT2D eigenvalue weighted by Gasteiger charge is -2.16. The number of benzene rings is 1. The zero-order valence-electron chi connectivity index (χ0n) is 11.1. The molecule has 0 radical (unpaired) electrons. The maximum absolute atomic E-state index is 11.3. The number of hydrogen-bond acceptors (Lipinski definition) is 4. The molecule has 1 aliphatic heterocycles. The third kappa shape index (κ3) is 2.72. The fourth-order valence-electron chi connectivity index (χ4n) is 2.19. The first-order valence-electron chi connectivity index (χ1n) is 6.36. The molecule has 20 heavy (non-hydrogen) atoms. The lowest BCUT2D eigenvalue weighted by Crippen LogP contribution is -2.18. The zero-order chi connectivity index (χ0) is 14.7. The predicted octanol–water partition coefficient (Wildman–Crippen LogP) is 2.30. The summed E-state index contributed by atoms with van der Waals surface area (Å²) in [7, 11) is 0. The molecule has 0 spiro atoms. The first-order chi connectivity index (χ1) is 9.55. The van der Waals surface area contributed by atoms with E-state index in [4.69, 9.17) is 6.42 Å². The quantitative estimate of drug-likeness (QED) is 0.490. The monoisotopic (exact) mass is 273 g/mol. The van der Waals surface area contributed by atoms with Crippen molar-refractivity contribution in [1.29, 1.82) is 0 Å². The summed E-state index contributed by atoms with van der Waals surface area (Å²) in [5, 5.41) is 16.9. The van der Waals surface area contributed by atoms with Gasteiger partial charge in [0.05, 0.1) is 11.3 Å². The Morgan fingerprint density at radius 1 is 1.60 bits per heavy atom. The number of nitrogens with one attached hydrogen (secondary N) is 2. The van der Waals surface area contributed by atoms with Crippen molar-refractivity contribution in [2.45, 2.75) is 32.2 Å². The maximum Gasteiger partial charge on any atom is 0.292 e. The third-order valence-electron chi connectivity index (χ3n) is 3.26. The van der Waals surface area contributed by atoms with E-state index >= 15 is 0 Å². The largest absolute Gasteiger partial charge is 0.376 e. The molecule has 0 aliphatic carbocycles. The number of nitro benzene ring substituents is 1. The Bertz CT molecular complexity index is 604. The van der Waals surface area contributed by atoms with Gasteiger partial charge >= 0.3 is 0 Å². The van der Waals surface area contributed by atoms with Gasteiger partial charge < -0.3 is 10.6 Å². The summed E-state index contributed by atoms with van der Waals surface area (Å²) in [5.74, 6) is 2.39. The number of rotatable bonds is 5. The van der Waals surface area contributed by atoms with Gasteiger partial charge in [-0.15, -0.1) is 12.3 Å². The molecule has 0 fully saturated rings.